The van der Waals surface area contributed by atoms with Crippen molar-refractivity contribution in [1.29, 1.82) is 0 Å². The van der Waals surface area contributed by atoms with Gasteiger partial charge in [-0.25, -0.2) is 8.78 Å². The number of carbonyl (C=O) groups excluding carboxylic acids is 1. The standard InChI is InChI=1S/C20H24F2N4OS/c1-2-10-26-18(11-14-6-4-3-5-7-14)24-25-20(26)28-13-19(27)23-17-9-8-15(21)12-16(17)22/h2,8-9,12,14H,1,3-7,10-11,13H2,(H,23,27). The number of rotatable bonds is 8. The zero-order valence-electron chi connectivity index (χ0n) is 15.7. The molecule has 1 fully saturated rings. The van der Waals surface area contributed by atoms with E-state index in [-0.39, 0.29) is 11.4 Å². The van der Waals surface area contributed by atoms with Crippen molar-refractivity contribution < 1.29 is 13.6 Å². The number of benzene rings is 1. The Morgan fingerprint density at radius 2 is 2.07 bits per heavy atom. The summed E-state index contributed by atoms with van der Waals surface area (Å²) in [5.74, 6) is -0.285. The highest BCUT2D eigenvalue weighted by Crippen LogP contribution is 2.28. The molecular weight excluding hydrogens is 382 g/mol. The lowest BCUT2D eigenvalue weighted by atomic mass is 9.87. The fourth-order valence-electron chi connectivity index (χ4n) is 3.45. The molecule has 0 radical (unpaired) electrons. The molecule has 0 unspecified atom stereocenters. The Morgan fingerprint density at radius 1 is 1.29 bits per heavy atom. The van der Waals surface area contributed by atoms with Gasteiger partial charge >= 0.3 is 0 Å². The number of nitrogens with one attached hydrogen (secondary N) is 1. The fraction of sp³-hybridized carbons (Fsp3) is 0.450. The first kappa shape index (κ1) is 20.5. The molecule has 0 saturated heterocycles. The molecular formula is C20H24F2N4OS. The third-order valence-electron chi connectivity index (χ3n) is 4.84. The summed E-state index contributed by atoms with van der Waals surface area (Å²) in [6, 6.07) is 3.04. The Bertz CT molecular complexity index is 834. The summed E-state index contributed by atoms with van der Waals surface area (Å²) in [6.07, 6.45) is 8.94. The summed E-state index contributed by atoms with van der Waals surface area (Å²) in [5, 5.41) is 11.7. The average molecular weight is 407 g/mol. The van der Waals surface area contributed by atoms with Gasteiger partial charge in [0.1, 0.15) is 17.5 Å². The van der Waals surface area contributed by atoms with Gasteiger partial charge in [0.2, 0.25) is 5.91 Å². The van der Waals surface area contributed by atoms with Crippen molar-refractivity contribution in [2.75, 3.05) is 11.1 Å². The maximum Gasteiger partial charge on any atom is 0.234 e. The first-order valence-electron chi connectivity index (χ1n) is 9.47. The predicted octanol–water partition coefficient (Wildman–Crippen LogP) is 4.60. The SMILES string of the molecule is C=CCn1c(CC2CCCCC2)nnc1SCC(=O)Nc1ccc(F)cc1F. The summed E-state index contributed by atoms with van der Waals surface area (Å²) in [6.45, 7) is 4.37. The molecule has 0 aliphatic heterocycles. The van der Waals surface area contributed by atoms with Crippen LogP contribution in [0.4, 0.5) is 14.5 Å². The molecule has 1 aromatic heterocycles. The largest absolute Gasteiger partial charge is 0.323 e. The molecule has 0 atom stereocenters. The number of anilines is 1. The van der Waals surface area contributed by atoms with Crippen LogP contribution in [-0.2, 0) is 17.8 Å². The second-order valence-corrected chi connectivity index (χ2v) is 7.91. The molecule has 1 heterocycles. The molecule has 1 saturated carbocycles. The molecule has 8 heteroatoms. The summed E-state index contributed by atoms with van der Waals surface area (Å²) in [7, 11) is 0. The predicted molar refractivity (Wildman–Crippen MR) is 106 cm³/mol. The van der Waals surface area contributed by atoms with Gasteiger partial charge in [-0.05, 0) is 18.1 Å². The van der Waals surface area contributed by atoms with Crippen LogP contribution in [0.3, 0.4) is 0 Å². The number of carbonyl (C=O) groups is 1. The van der Waals surface area contributed by atoms with Crippen molar-refractivity contribution in [1.82, 2.24) is 14.8 Å². The molecule has 3 rings (SSSR count). The van der Waals surface area contributed by atoms with Crippen LogP contribution in [0.25, 0.3) is 0 Å². The molecule has 1 N–H and O–H groups in total. The van der Waals surface area contributed by atoms with Crippen molar-refractivity contribution in [2.24, 2.45) is 5.92 Å². The molecule has 5 nitrogen and oxygen atoms in total. The topological polar surface area (TPSA) is 59.8 Å². The monoisotopic (exact) mass is 406 g/mol. The van der Waals surface area contributed by atoms with Gasteiger partial charge in [-0.15, -0.1) is 16.8 Å². The number of hydrogen-bond donors (Lipinski definition) is 1. The fourth-order valence-corrected chi connectivity index (χ4v) is 4.21. The minimum Gasteiger partial charge on any atom is -0.323 e. The van der Waals surface area contributed by atoms with Gasteiger partial charge in [0.25, 0.3) is 0 Å². The van der Waals surface area contributed by atoms with Gasteiger partial charge in [-0.1, -0.05) is 49.9 Å². The second-order valence-electron chi connectivity index (χ2n) is 6.97. The summed E-state index contributed by atoms with van der Waals surface area (Å²) < 4.78 is 28.6. The molecule has 1 aromatic carbocycles. The summed E-state index contributed by atoms with van der Waals surface area (Å²) in [5.41, 5.74) is -0.0439. The lowest BCUT2D eigenvalue weighted by Gasteiger charge is -2.21. The van der Waals surface area contributed by atoms with Gasteiger partial charge in [-0.3, -0.25) is 4.79 Å². The van der Waals surface area contributed by atoms with E-state index in [9.17, 15) is 13.6 Å². The number of thioether (sulfide) groups is 1. The van der Waals surface area contributed by atoms with Crippen molar-refractivity contribution in [3.8, 4) is 0 Å². The number of nitrogens with zero attached hydrogens (tertiary/aromatic N) is 3. The number of aromatic nitrogens is 3. The van der Waals surface area contributed by atoms with Crippen LogP contribution in [0.15, 0.2) is 36.0 Å². The lowest BCUT2D eigenvalue weighted by molar-refractivity contribution is -0.113. The maximum atomic E-state index is 13.7. The van der Waals surface area contributed by atoms with Crippen LogP contribution in [0.5, 0.6) is 0 Å². The number of halogens is 2. The van der Waals surface area contributed by atoms with E-state index in [1.165, 1.54) is 49.9 Å². The van der Waals surface area contributed by atoms with E-state index < -0.39 is 17.5 Å². The Kier molecular flexibility index (Phi) is 7.19. The second kappa shape index (κ2) is 9.82. The zero-order valence-corrected chi connectivity index (χ0v) is 16.5. The van der Waals surface area contributed by atoms with Crippen molar-refractivity contribution in [3.05, 3.63) is 48.3 Å². The number of amides is 1. The van der Waals surface area contributed by atoms with Crippen molar-refractivity contribution in [2.45, 2.75) is 50.2 Å². The van der Waals surface area contributed by atoms with E-state index in [1.807, 2.05) is 4.57 Å². The van der Waals surface area contributed by atoms with Gasteiger partial charge in [0.15, 0.2) is 5.16 Å². The van der Waals surface area contributed by atoms with Gasteiger partial charge in [0.05, 0.1) is 11.4 Å². The Hall–Kier alpha value is -2.22. The highest BCUT2D eigenvalue weighted by Gasteiger charge is 2.20. The quantitative estimate of drug-likeness (QED) is 0.514. The van der Waals surface area contributed by atoms with Crippen molar-refractivity contribution in [3.63, 3.8) is 0 Å². The van der Waals surface area contributed by atoms with Crippen LogP contribution < -0.4 is 5.32 Å². The minimum atomic E-state index is -0.803. The smallest absolute Gasteiger partial charge is 0.234 e. The van der Waals surface area contributed by atoms with Crippen molar-refractivity contribution >= 4 is 23.4 Å². The van der Waals surface area contributed by atoms with E-state index in [4.69, 9.17) is 0 Å². The Labute approximate surface area is 167 Å². The molecule has 2 aromatic rings. The van der Waals surface area contributed by atoms with Gasteiger partial charge in [-0.2, -0.15) is 0 Å². The van der Waals surface area contributed by atoms with E-state index >= 15 is 0 Å². The third kappa shape index (κ3) is 5.41. The summed E-state index contributed by atoms with van der Waals surface area (Å²) in [4.78, 5) is 12.1. The minimum absolute atomic E-state index is 0.0439. The first-order chi connectivity index (χ1) is 13.6. The van der Waals surface area contributed by atoms with E-state index in [1.54, 1.807) is 6.08 Å². The molecule has 150 valence electrons. The molecule has 1 amide bonds. The Morgan fingerprint density at radius 3 is 2.79 bits per heavy atom. The van der Waals surface area contributed by atoms with Crippen LogP contribution >= 0.6 is 11.8 Å². The molecule has 1 aliphatic rings. The molecule has 0 bridgehead atoms. The third-order valence-corrected chi connectivity index (χ3v) is 5.81. The average Bonchev–Trinajstić information content (AvgIpc) is 3.05. The molecule has 28 heavy (non-hydrogen) atoms. The maximum absolute atomic E-state index is 13.7. The number of allylic oxidation sites excluding steroid dienone is 1. The lowest BCUT2D eigenvalue weighted by Crippen LogP contribution is -2.16. The normalized spacial score (nSPS) is 14.8. The highest BCUT2D eigenvalue weighted by atomic mass is 32.2. The van der Waals surface area contributed by atoms with E-state index in [0.717, 1.165) is 24.4 Å². The highest BCUT2D eigenvalue weighted by molar-refractivity contribution is 7.99. The van der Waals surface area contributed by atoms with Crippen LogP contribution in [0.2, 0.25) is 0 Å². The zero-order chi connectivity index (χ0) is 19.9. The van der Waals surface area contributed by atoms with E-state index in [0.29, 0.717) is 17.6 Å². The molecule has 0 spiro atoms. The summed E-state index contributed by atoms with van der Waals surface area (Å²) >= 11 is 1.24. The van der Waals surface area contributed by atoms with Crippen LogP contribution in [0, 0.1) is 17.6 Å². The molecule has 1 aliphatic carbocycles. The number of hydrogen-bond acceptors (Lipinski definition) is 4. The first-order valence-corrected chi connectivity index (χ1v) is 10.5. The van der Waals surface area contributed by atoms with E-state index in [2.05, 4.69) is 22.1 Å². The van der Waals surface area contributed by atoms with Crippen LogP contribution in [0.1, 0.15) is 37.9 Å². The Balaban J connectivity index is 1.61. The van der Waals surface area contributed by atoms with Crippen LogP contribution in [-0.4, -0.2) is 26.4 Å². The van der Waals surface area contributed by atoms with Gasteiger partial charge < -0.3 is 9.88 Å². The van der Waals surface area contributed by atoms with Gasteiger partial charge in [0, 0.05) is 19.0 Å².